The van der Waals surface area contributed by atoms with Gasteiger partial charge in [-0.1, -0.05) is 43.2 Å². The SMILES string of the molecule is CC(C)N(C(=O)Cn1nnc(-c2ccccc2)n1)C1CCCC1. The number of tetrazole rings is 1. The van der Waals surface area contributed by atoms with Crippen LogP contribution in [0.2, 0.25) is 0 Å². The Morgan fingerprint density at radius 3 is 2.61 bits per heavy atom. The quantitative estimate of drug-likeness (QED) is 0.851. The average molecular weight is 313 g/mol. The molecular weight excluding hydrogens is 290 g/mol. The van der Waals surface area contributed by atoms with Crippen LogP contribution in [-0.2, 0) is 11.3 Å². The number of aromatic nitrogens is 4. The van der Waals surface area contributed by atoms with E-state index in [1.54, 1.807) is 0 Å². The number of amides is 1. The van der Waals surface area contributed by atoms with Crippen LogP contribution < -0.4 is 0 Å². The first kappa shape index (κ1) is 15.6. The number of rotatable bonds is 5. The Bertz CT molecular complexity index is 646. The highest BCUT2D eigenvalue weighted by molar-refractivity contribution is 5.76. The van der Waals surface area contributed by atoms with Gasteiger partial charge in [-0.3, -0.25) is 4.79 Å². The summed E-state index contributed by atoms with van der Waals surface area (Å²) in [6, 6.07) is 10.2. The Hall–Kier alpha value is -2.24. The van der Waals surface area contributed by atoms with Crippen molar-refractivity contribution >= 4 is 5.91 Å². The molecule has 0 N–H and O–H groups in total. The first-order valence-corrected chi connectivity index (χ1v) is 8.29. The van der Waals surface area contributed by atoms with Gasteiger partial charge in [0, 0.05) is 17.6 Å². The Morgan fingerprint density at radius 2 is 1.96 bits per heavy atom. The molecule has 1 aromatic heterocycles. The molecule has 23 heavy (non-hydrogen) atoms. The van der Waals surface area contributed by atoms with E-state index >= 15 is 0 Å². The maximum absolute atomic E-state index is 12.7. The Balaban J connectivity index is 1.71. The van der Waals surface area contributed by atoms with Crippen LogP contribution in [0.1, 0.15) is 39.5 Å². The highest BCUT2D eigenvalue weighted by atomic mass is 16.2. The van der Waals surface area contributed by atoms with Crippen molar-refractivity contribution in [3.63, 3.8) is 0 Å². The molecule has 0 radical (unpaired) electrons. The zero-order chi connectivity index (χ0) is 16.2. The second-order valence-corrected chi connectivity index (χ2v) is 6.34. The van der Waals surface area contributed by atoms with E-state index in [0.29, 0.717) is 11.9 Å². The Kier molecular flexibility index (Phi) is 4.69. The molecule has 1 heterocycles. The van der Waals surface area contributed by atoms with Crippen LogP contribution in [0.15, 0.2) is 30.3 Å². The lowest BCUT2D eigenvalue weighted by Crippen LogP contribution is -2.45. The van der Waals surface area contributed by atoms with Crippen molar-refractivity contribution < 1.29 is 4.79 Å². The molecule has 6 heteroatoms. The van der Waals surface area contributed by atoms with Crippen LogP contribution in [0.3, 0.4) is 0 Å². The summed E-state index contributed by atoms with van der Waals surface area (Å²) >= 11 is 0. The van der Waals surface area contributed by atoms with E-state index in [1.807, 2.05) is 35.2 Å². The summed E-state index contributed by atoms with van der Waals surface area (Å²) in [6.45, 7) is 4.29. The van der Waals surface area contributed by atoms with Crippen molar-refractivity contribution in [3.05, 3.63) is 30.3 Å². The first-order valence-electron chi connectivity index (χ1n) is 8.29. The Morgan fingerprint density at radius 1 is 1.26 bits per heavy atom. The van der Waals surface area contributed by atoms with Gasteiger partial charge in [0.05, 0.1) is 0 Å². The largest absolute Gasteiger partial charge is 0.336 e. The summed E-state index contributed by atoms with van der Waals surface area (Å²) in [7, 11) is 0. The van der Waals surface area contributed by atoms with Gasteiger partial charge in [0.25, 0.3) is 0 Å². The molecular formula is C17H23N5O. The molecule has 122 valence electrons. The third-order valence-electron chi connectivity index (χ3n) is 4.32. The van der Waals surface area contributed by atoms with Gasteiger partial charge < -0.3 is 4.90 Å². The molecule has 6 nitrogen and oxygen atoms in total. The summed E-state index contributed by atoms with van der Waals surface area (Å²) in [6.07, 6.45) is 4.62. The third-order valence-corrected chi connectivity index (χ3v) is 4.32. The van der Waals surface area contributed by atoms with Crippen LogP contribution in [-0.4, -0.2) is 43.1 Å². The molecule has 0 atom stereocenters. The number of carbonyl (C=O) groups excluding carboxylic acids is 1. The number of hydrogen-bond acceptors (Lipinski definition) is 4. The van der Waals surface area contributed by atoms with E-state index in [2.05, 4.69) is 29.3 Å². The second-order valence-electron chi connectivity index (χ2n) is 6.34. The van der Waals surface area contributed by atoms with E-state index in [0.717, 1.165) is 18.4 Å². The summed E-state index contributed by atoms with van der Waals surface area (Å²) in [5, 5.41) is 12.4. The molecule has 1 aromatic carbocycles. The number of benzene rings is 1. The van der Waals surface area contributed by atoms with E-state index in [4.69, 9.17) is 0 Å². The second kappa shape index (κ2) is 6.89. The molecule has 1 amide bonds. The predicted octanol–water partition coefficient (Wildman–Crippen LogP) is 2.52. The van der Waals surface area contributed by atoms with Crippen LogP contribution in [0, 0.1) is 0 Å². The van der Waals surface area contributed by atoms with Gasteiger partial charge in [-0.15, -0.1) is 10.2 Å². The number of nitrogens with zero attached hydrogens (tertiary/aromatic N) is 5. The lowest BCUT2D eigenvalue weighted by Gasteiger charge is -2.32. The molecule has 0 bridgehead atoms. The van der Waals surface area contributed by atoms with Gasteiger partial charge in [-0.2, -0.15) is 4.80 Å². The summed E-state index contributed by atoms with van der Waals surface area (Å²) in [5.41, 5.74) is 0.905. The van der Waals surface area contributed by atoms with E-state index in [-0.39, 0.29) is 18.5 Å². The Labute approximate surface area is 136 Å². The van der Waals surface area contributed by atoms with E-state index < -0.39 is 0 Å². The predicted molar refractivity (Wildman–Crippen MR) is 87.5 cm³/mol. The van der Waals surface area contributed by atoms with Gasteiger partial charge in [-0.05, 0) is 31.9 Å². The highest BCUT2D eigenvalue weighted by Crippen LogP contribution is 2.25. The molecule has 1 aliphatic carbocycles. The van der Waals surface area contributed by atoms with Crippen molar-refractivity contribution in [1.29, 1.82) is 0 Å². The lowest BCUT2D eigenvalue weighted by atomic mass is 10.1. The average Bonchev–Trinajstić information content (AvgIpc) is 3.20. The minimum absolute atomic E-state index is 0.0731. The summed E-state index contributed by atoms with van der Waals surface area (Å²) < 4.78 is 0. The maximum atomic E-state index is 12.7. The van der Waals surface area contributed by atoms with Gasteiger partial charge in [0.2, 0.25) is 11.7 Å². The van der Waals surface area contributed by atoms with Crippen molar-refractivity contribution in [2.24, 2.45) is 0 Å². The molecule has 0 unspecified atom stereocenters. The van der Waals surface area contributed by atoms with Crippen LogP contribution in [0.25, 0.3) is 11.4 Å². The minimum Gasteiger partial charge on any atom is -0.336 e. The normalized spacial score (nSPS) is 15.3. The van der Waals surface area contributed by atoms with Crippen molar-refractivity contribution in [1.82, 2.24) is 25.1 Å². The van der Waals surface area contributed by atoms with Gasteiger partial charge in [-0.25, -0.2) is 0 Å². The molecule has 0 aliphatic heterocycles. The lowest BCUT2D eigenvalue weighted by molar-refractivity contribution is -0.136. The van der Waals surface area contributed by atoms with E-state index in [9.17, 15) is 4.79 Å². The van der Waals surface area contributed by atoms with Crippen molar-refractivity contribution in [3.8, 4) is 11.4 Å². The smallest absolute Gasteiger partial charge is 0.246 e. The van der Waals surface area contributed by atoms with Crippen molar-refractivity contribution in [2.45, 2.75) is 58.2 Å². The number of hydrogen-bond donors (Lipinski definition) is 0. The van der Waals surface area contributed by atoms with Crippen LogP contribution in [0.5, 0.6) is 0 Å². The highest BCUT2D eigenvalue weighted by Gasteiger charge is 2.29. The van der Waals surface area contributed by atoms with Gasteiger partial charge in [0.15, 0.2) is 0 Å². The first-order chi connectivity index (χ1) is 11.1. The van der Waals surface area contributed by atoms with E-state index in [1.165, 1.54) is 17.6 Å². The van der Waals surface area contributed by atoms with Gasteiger partial charge >= 0.3 is 0 Å². The molecule has 3 rings (SSSR count). The van der Waals surface area contributed by atoms with Gasteiger partial charge in [0.1, 0.15) is 6.54 Å². The molecule has 0 spiro atoms. The zero-order valence-electron chi connectivity index (χ0n) is 13.7. The monoisotopic (exact) mass is 313 g/mol. The molecule has 2 aromatic rings. The summed E-state index contributed by atoms with van der Waals surface area (Å²) in [4.78, 5) is 16.1. The fourth-order valence-corrected chi connectivity index (χ4v) is 3.31. The fraction of sp³-hybridized carbons (Fsp3) is 0.529. The molecule has 0 saturated heterocycles. The summed E-state index contributed by atoms with van der Waals surface area (Å²) in [5.74, 6) is 0.624. The minimum atomic E-state index is 0.0731. The topological polar surface area (TPSA) is 63.9 Å². The van der Waals surface area contributed by atoms with Crippen LogP contribution >= 0.6 is 0 Å². The van der Waals surface area contributed by atoms with Crippen LogP contribution in [0.4, 0.5) is 0 Å². The fourth-order valence-electron chi connectivity index (χ4n) is 3.31. The number of carbonyl (C=O) groups is 1. The molecule has 1 fully saturated rings. The molecule has 1 saturated carbocycles. The standard InChI is InChI=1S/C17H23N5O/c1-13(2)22(15-10-6-7-11-15)16(23)12-21-19-17(18-20-21)14-8-4-3-5-9-14/h3-5,8-9,13,15H,6-7,10-12H2,1-2H3. The zero-order valence-corrected chi connectivity index (χ0v) is 13.7. The third kappa shape index (κ3) is 3.57. The molecule has 1 aliphatic rings. The maximum Gasteiger partial charge on any atom is 0.246 e. The van der Waals surface area contributed by atoms with Crippen molar-refractivity contribution in [2.75, 3.05) is 0 Å².